The normalized spacial score (nSPS) is 10.4. The molecule has 128 valence electrons. The second-order valence-electron chi connectivity index (χ2n) is 5.33. The molecule has 8 heteroatoms. The Balaban J connectivity index is 1.51. The smallest absolute Gasteiger partial charge is 0.229 e. The molecule has 25 heavy (non-hydrogen) atoms. The van der Waals surface area contributed by atoms with E-state index in [1.165, 1.54) is 0 Å². The first-order chi connectivity index (χ1) is 12.3. The van der Waals surface area contributed by atoms with Crippen LogP contribution in [0.25, 0.3) is 0 Å². The molecule has 0 aromatic carbocycles. The maximum Gasteiger partial charge on any atom is 0.229 e. The Kier molecular flexibility index (Phi) is 6.06. The number of pyridine rings is 2. The lowest BCUT2D eigenvalue weighted by molar-refractivity contribution is -0.694. The molecular formula is C17H20ClN7+2. The Morgan fingerprint density at radius 1 is 0.680 bits per heavy atom. The zero-order valence-corrected chi connectivity index (χ0v) is 14.5. The van der Waals surface area contributed by atoms with Crippen LogP contribution in [0, 0.1) is 0 Å². The molecule has 0 bridgehead atoms. The van der Waals surface area contributed by atoms with Crippen LogP contribution in [0.5, 0.6) is 0 Å². The first kappa shape index (κ1) is 17.0. The molecule has 2 N–H and O–H groups in total. The van der Waals surface area contributed by atoms with Gasteiger partial charge >= 0.3 is 0 Å². The van der Waals surface area contributed by atoms with Crippen LogP contribution in [-0.4, -0.2) is 28.0 Å². The molecule has 0 aliphatic heterocycles. The largest absolute Gasteiger partial charge is 0.348 e. The number of nitrogens with one attached hydrogen (secondary N) is 2. The van der Waals surface area contributed by atoms with Crippen LogP contribution in [0.1, 0.15) is 0 Å². The topological polar surface area (TPSA) is 70.5 Å². The van der Waals surface area contributed by atoms with E-state index in [1.54, 1.807) is 0 Å². The second kappa shape index (κ2) is 8.89. The molecule has 0 unspecified atom stereocenters. The third-order valence-electron chi connectivity index (χ3n) is 3.47. The molecule has 0 spiro atoms. The van der Waals surface area contributed by atoms with Crippen molar-refractivity contribution in [2.75, 3.05) is 23.7 Å². The van der Waals surface area contributed by atoms with Crippen molar-refractivity contribution in [2.24, 2.45) is 0 Å². The third kappa shape index (κ3) is 5.65. The van der Waals surface area contributed by atoms with Gasteiger partial charge < -0.3 is 10.6 Å². The number of hydrogen-bond donors (Lipinski definition) is 2. The number of nitrogens with zero attached hydrogens (tertiary/aromatic N) is 5. The Morgan fingerprint density at radius 3 is 1.56 bits per heavy atom. The maximum absolute atomic E-state index is 5.99. The van der Waals surface area contributed by atoms with Crippen LogP contribution in [0.15, 0.2) is 61.2 Å². The summed E-state index contributed by atoms with van der Waals surface area (Å²) in [6.45, 7) is 2.98. The van der Waals surface area contributed by atoms with Gasteiger partial charge in [0.1, 0.15) is 0 Å². The van der Waals surface area contributed by atoms with Gasteiger partial charge in [-0.1, -0.05) is 12.1 Å². The molecule has 0 aliphatic rings. The molecule has 0 saturated heterocycles. The van der Waals surface area contributed by atoms with Crippen molar-refractivity contribution in [3.63, 3.8) is 0 Å². The molecule has 0 saturated carbocycles. The van der Waals surface area contributed by atoms with Gasteiger partial charge in [-0.05, 0) is 11.6 Å². The molecular weight excluding hydrogens is 338 g/mol. The molecule has 7 nitrogen and oxygen atoms in total. The van der Waals surface area contributed by atoms with Gasteiger partial charge in [-0.25, -0.2) is 9.13 Å². The van der Waals surface area contributed by atoms with Crippen molar-refractivity contribution in [1.29, 1.82) is 0 Å². The lowest BCUT2D eigenvalue weighted by Gasteiger charge is -2.06. The summed E-state index contributed by atoms with van der Waals surface area (Å²) in [6.07, 6.45) is 8.04. The molecule has 0 aliphatic carbocycles. The highest BCUT2D eigenvalue weighted by Crippen LogP contribution is 2.08. The van der Waals surface area contributed by atoms with Gasteiger partial charge in [0.05, 0.1) is 13.1 Å². The fourth-order valence-corrected chi connectivity index (χ4v) is 2.43. The number of aromatic nitrogens is 5. The number of halogens is 1. The van der Waals surface area contributed by atoms with Crippen molar-refractivity contribution in [3.05, 3.63) is 66.5 Å². The summed E-state index contributed by atoms with van der Waals surface area (Å²) in [6, 6.07) is 11.9. The quantitative estimate of drug-likeness (QED) is 0.595. The van der Waals surface area contributed by atoms with Crippen LogP contribution >= 0.6 is 11.6 Å². The van der Waals surface area contributed by atoms with E-state index < -0.39 is 0 Å². The predicted molar refractivity (Wildman–Crippen MR) is 95.1 cm³/mol. The van der Waals surface area contributed by atoms with Crippen LogP contribution in [0.2, 0.25) is 5.28 Å². The van der Waals surface area contributed by atoms with Crippen LogP contribution in [-0.2, 0) is 13.1 Å². The lowest BCUT2D eigenvalue weighted by atomic mass is 10.4. The summed E-state index contributed by atoms with van der Waals surface area (Å²) in [7, 11) is 0. The molecule has 0 radical (unpaired) electrons. The van der Waals surface area contributed by atoms with E-state index in [0.717, 1.165) is 13.1 Å². The molecule has 3 heterocycles. The van der Waals surface area contributed by atoms with Gasteiger partial charge in [-0.15, -0.1) is 0 Å². The molecule has 0 amide bonds. The monoisotopic (exact) mass is 357 g/mol. The molecule has 3 aromatic rings. The van der Waals surface area contributed by atoms with E-state index in [9.17, 15) is 0 Å². The Labute approximate surface area is 151 Å². The van der Waals surface area contributed by atoms with Gasteiger partial charge in [-0.2, -0.15) is 15.0 Å². The third-order valence-corrected chi connectivity index (χ3v) is 3.64. The summed E-state index contributed by atoms with van der Waals surface area (Å²) in [5.41, 5.74) is 0. The van der Waals surface area contributed by atoms with E-state index in [-0.39, 0.29) is 5.28 Å². The molecule has 0 fully saturated rings. The van der Waals surface area contributed by atoms with Crippen LogP contribution in [0.3, 0.4) is 0 Å². The highest BCUT2D eigenvalue weighted by atomic mass is 35.5. The van der Waals surface area contributed by atoms with Gasteiger partial charge in [-0.3, -0.25) is 0 Å². The summed E-state index contributed by atoms with van der Waals surface area (Å²) in [5.74, 6) is 0.929. The average molecular weight is 358 g/mol. The molecule has 3 aromatic heterocycles. The van der Waals surface area contributed by atoms with E-state index in [2.05, 4.69) is 34.7 Å². The lowest BCUT2D eigenvalue weighted by Crippen LogP contribution is -2.36. The van der Waals surface area contributed by atoms with Crippen molar-refractivity contribution < 1.29 is 9.13 Å². The van der Waals surface area contributed by atoms with Crippen molar-refractivity contribution in [3.8, 4) is 0 Å². The van der Waals surface area contributed by atoms with E-state index in [0.29, 0.717) is 25.0 Å². The van der Waals surface area contributed by atoms with Crippen molar-refractivity contribution in [2.45, 2.75) is 13.1 Å². The number of rotatable bonds is 8. The highest BCUT2D eigenvalue weighted by molar-refractivity contribution is 6.28. The van der Waals surface area contributed by atoms with E-state index in [4.69, 9.17) is 11.6 Å². The van der Waals surface area contributed by atoms with Crippen LogP contribution < -0.4 is 19.8 Å². The predicted octanol–water partition coefficient (Wildman–Crippen LogP) is 1.32. The first-order valence-electron chi connectivity index (χ1n) is 8.07. The Hall–Kier alpha value is -2.80. The van der Waals surface area contributed by atoms with Gasteiger partial charge in [0, 0.05) is 24.3 Å². The Morgan fingerprint density at radius 2 is 1.12 bits per heavy atom. The molecule has 3 rings (SSSR count). The van der Waals surface area contributed by atoms with Gasteiger partial charge in [0.2, 0.25) is 17.2 Å². The zero-order chi connectivity index (χ0) is 17.3. The van der Waals surface area contributed by atoms with E-state index in [1.807, 2.05) is 61.2 Å². The minimum Gasteiger partial charge on any atom is -0.348 e. The fourth-order valence-electron chi connectivity index (χ4n) is 2.27. The van der Waals surface area contributed by atoms with Crippen molar-refractivity contribution >= 4 is 23.5 Å². The fraction of sp³-hybridized carbons (Fsp3) is 0.235. The Bertz CT molecular complexity index is 720. The standard InChI is InChI=1S/C17H20ClN7/c18-15-21-16(19-7-13-24-9-3-1-4-10-24)23-17(22-15)20-8-14-25-11-5-2-6-12-25/h1-6,9-12H,7-8,13-14H2,(H2,19,20,21,22,23)/q+2. The number of hydrogen-bond acceptors (Lipinski definition) is 5. The van der Waals surface area contributed by atoms with E-state index >= 15 is 0 Å². The first-order valence-corrected chi connectivity index (χ1v) is 8.45. The molecule has 0 atom stereocenters. The minimum atomic E-state index is 0.166. The summed E-state index contributed by atoms with van der Waals surface area (Å²) in [4.78, 5) is 12.6. The average Bonchev–Trinajstić information content (AvgIpc) is 2.63. The van der Waals surface area contributed by atoms with Crippen LogP contribution in [0.4, 0.5) is 11.9 Å². The maximum atomic E-state index is 5.99. The minimum absolute atomic E-state index is 0.166. The van der Waals surface area contributed by atoms with Gasteiger partial charge in [0.25, 0.3) is 0 Å². The number of anilines is 2. The summed E-state index contributed by atoms with van der Waals surface area (Å²) < 4.78 is 4.15. The highest BCUT2D eigenvalue weighted by Gasteiger charge is 2.06. The SMILES string of the molecule is Clc1nc(NCC[n+]2ccccc2)nc(NCC[n+]2ccccc2)n1. The second-order valence-corrected chi connectivity index (χ2v) is 5.67. The van der Waals surface area contributed by atoms with Crippen molar-refractivity contribution in [1.82, 2.24) is 15.0 Å². The summed E-state index contributed by atoms with van der Waals surface area (Å²) >= 11 is 5.99. The zero-order valence-electron chi connectivity index (χ0n) is 13.7. The van der Waals surface area contributed by atoms with Gasteiger partial charge in [0.15, 0.2) is 37.9 Å². The summed E-state index contributed by atoms with van der Waals surface area (Å²) in [5, 5.41) is 6.51.